The fourth-order valence-electron chi connectivity index (χ4n) is 1.03. The van der Waals surface area contributed by atoms with E-state index in [0.29, 0.717) is 5.76 Å². The molecule has 0 aromatic carbocycles. The van der Waals surface area contributed by atoms with Gasteiger partial charge in [0.2, 0.25) is 5.91 Å². The molecule has 0 spiro atoms. The second kappa shape index (κ2) is 6.05. The molecule has 1 aromatic rings. The van der Waals surface area contributed by atoms with E-state index in [4.69, 9.17) is 9.52 Å². The number of nitrogens with zero attached hydrogens (tertiary/aromatic N) is 1. The maximum atomic E-state index is 11.6. The zero-order valence-corrected chi connectivity index (χ0v) is 11.3. The maximum absolute atomic E-state index is 11.6. The van der Waals surface area contributed by atoms with Gasteiger partial charge in [0.05, 0.1) is 12.6 Å². The van der Waals surface area contributed by atoms with Crippen LogP contribution in [0.2, 0.25) is 0 Å². The highest BCUT2D eigenvalue weighted by atomic mass is 127. The van der Waals surface area contributed by atoms with Gasteiger partial charge < -0.3 is 14.4 Å². The topological polar surface area (TPSA) is 53.7 Å². The molecule has 4 nitrogen and oxygen atoms in total. The molecule has 1 atom stereocenters. The quantitative estimate of drug-likeness (QED) is 0.674. The fourth-order valence-corrected chi connectivity index (χ4v) is 1.46. The zero-order chi connectivity index (χ0) is 12.1. The number of aliphatic hydroxyl groups is 1. The van der Waals surface area contributed by atoms with Crippen LogP contribution >= 0.6 is 22.6 Å². The first-order valence-corrected chi connectivity index (χ1v) is 5.93. The van der Waals surface area contributed by atoms with E-state index >= 15 is 0 Å². The maximum Gasteiger partial charge on any atom is 0.246 e. The molecule has 0 fully saturated rings. The van der Waals surface area contributed by atoms with Crippen molar-refractivity contribution in [2.75, 3.05) is 13.7 Å². The van der Waals surface area contributed by atoms with Gasteiger partial charge >= 0.3 is 0 Å². The molecule has 0 saturated heterocycles. The molecular weight excluding hydrogens is 321 g/mol. The van der Waals surface area contributed by atoms with E-state index in [1.807, 2.05) is 6.07 Å². The van der Waals surface area contributed by atoms with Crippen molar-refractivity contribution in [3.63, 3.8) is 0 Å². The summed E-state index contributed by atoms with van der Waals surface area (Å²) in [5.74, 6) is 0.482. The molecule has 0 aliphatic carbocycles. The van der Waals surface area contributed by atoms with Gasteiger partial charge in [0.1, 0.15) is 5.76 Å². The van der Waals surface area contributed by atoms with Crippen LogP contribution in [0.15, 0.2) is 22.6 Å². The largest absolute Gasteiger partial charge is 0.451 e. The summed E-state index contributed by atoms with van der Waals surface area (Å²) >= 11 is 2.06. The van der Waals surface area contributed by atoms with Crippen LogP contribution in [0.3, 0.4) is 0 Å². The van der Waals surface area contributed by atoms with E-state index in [1.165, 1.54) is 11.0 Å². The molecule has 1 amide bonds. The van der Waals surface area contributed by atoms with Gasteiger partial charge in [-0.3, -0.25) is 4.79 Å². The van der Waals surface area contributed by atoms with Crippen molar-refractivity contribution >= 4 is 34.6 Å². The molecule has 1 N–H and O–H groups in total. The average Bonchev–Trinajstić information content (AvgIpc) is 2.69. The molecule has 0 saturated carbocycles. The minimum Gasteiger partial charge on any atom is -0.451 e. The Bertz CT molecular complexity index is 386. The van der Waals surface area contributed by atoms with Crippen molar-refractivity contribution < 1.29 is 14.3 Å². The summed E-state index contributed by atoms with van der Waals surface area (Å²) in [6, 6.07) is 3.43. The summed E-state index contributed by atoms with van der Waals surface area (Å²) < 4.78 is 6.06. The van der Waals surface area contributed by atoms with Crippen LogP contribution in [0.5, 0.6) is 0 Å². The lowest BCUT2D eigenvalue weighted by atomic mass is 10.3. The molecule has 1 rings (SSSR count). The lowest BCUT2D eigenvalue weighted by Gasteiger charge is -2.21. The summed E-state index contributed by atoms with van der Waals surface area (Å²) in [4.78, 5) is 13.1. The first-order valence-electron chi connectivity index (χ1n) is 4.85. The number of likely N-dealkylation sites (N-methyl/N-ethyl adjacent to an activating group) is 1. The third-order valence-electron chi connectivity index (χ3n) is 2.26. The van der Waals surface area contributed by atoms with E-state index in [1.54, 1.807) is 26.1 Å². The summed E-state index contributed by atoms with van der Waals surface area (Å²) in [6.45, 7) is 1.73. The summed E-state index contributed by atoms with van der Waals surface area (Å²) in [7, 11) is 1.65. The molecule has 1 aromatic heterocycles. The number of amides is 1. The van der Waals surface area contributed by atoms with E-state index in [0.717, 1.165) is 3.77 Å². The molecule has 16 heavy (non-hydrogen) atoms. The molecule has 1 unspecified atom stereocenters. The lowest BCUT2D eigenvalue weighted by molar-refractivity contribution is -0.127. The first kappa shape index (κ1) is 13.2. The highest BCUT2D eigenvalue weighted by molar-refractivity contribution is 14.1. The number of halogens is 1. The van der Waals surface area contributed by atoms with Crippen molar-refractivity contribution in [3.8, 4) is 0 Å². The van der Waals surface area contributed by atoms with Gasteiger partial charge in [-0.05, 0) is 47.7 Å². The summed E-state index contributed by atoms with van der Waals surface area (Å²) in [6.07, 6.45) is 3.05. The monoisotopic (exact) mass is 335 g/mol. The summed E-state index contributed by atoms with van der Waals surface area (Å²) in [5.41, 5.74) is 0. The Morgan fingerprint density at radius 2 is 2.38 bits per heavy atom. The van der Waals surface area contributed by atoms with Gasteiger partial charge in [-0.15, -0.1) is 0 Å². The number of furan rings is 1. The number of rotatable bonds is 4. The first-order chi connectivity index (χ1) is 7.54. The number of hydrogen-bond acceptors (Lipinski definition) is 3. The Kier molecular flexibility index (Phi) is 5.01. The standard InChI is InChI=1S/C11H14INO3/c1-8(7-14)13(2)11(15)6-4-9-3-5-10(12)16-9/h3-6,8,14H,7H2,1-2H3/b6-4+. The van der Waals surface area contributed by atoms with Gasteiger partial charge in [0, 0.05) is 13.1 Å². The number of carbonyl (C=O) groups is 1. The van der Waals surface area contributed by atoms with E-state index in [9.17, 15) is 4.79 Å². The molecular formula is C11H14INO3. The van der Waals surface area contributed by atoms with Crippen molar-refractivity contribution in [3.05, 3.63) is 27.7 Å². The number of aliphatic hydroxyl groups excluding tert-OH is 1. The van der Waals surface area contributed by atoms with Crippen LogP contribution in [-0.4, -0.2) is 35.6 Å². The van der Waals surface area contributed by atoms with Crippen molar-refractivity contribution in [1.29, 1.82) is 0 Å². The second-order valence-corrected chi connectivity index (χ2v) is 4.52. The van der Waals surface area contributed by atoms with Gasteiger partial charge in [-0.1, -0.05) is 0 Å². The molecule has 1 heterocycles. The van der Waals surface area contributed by atoms with Crippen molar-refractivity contribution in [2.24, 2.45) is 0 Å². The van der Waals surface area contributed by atoms with Crippen LogP contribution < -0.4 is 0 Å². The van der Waals surface area contributed by atoms with Crippen LogP contribution in [0.1, 0.15) is 12.7 Å². The Labute approximate surface area is 108 Å². The number of carbonyl (C=O) groups excluding carboxylic acids is 1. The van der Waals surface area contributed by atoms with Crippen molar-refractivity contribution in [1.82, 2.24) is 4.90 Å². The number of hydrogen-bond donors (Lipinski definition) is 1. The van der Waals surface area contributed by atoms with Crippen LogP contribution in [0.4, 0.5) is 0 Å². The van der Waals surface area contributed by atoms with Gasteiger partial charge in [0.25, 0.3) is 0 Å². The minimum absolute atomic E-state index is 0.0469. The van der Waals surface area contributed by atoms with E-state index in [2.05, 4.69) is 22.6 Å². The average molecular weight is 335 g/mol. The minimum atomic E-state index is -0.186. The predicted octanol–water partition coefficient (Wildman–Crippen LogP) is 1.74. The van der Waals surface area contributed by atoms with Crippen LogP contribution in [-0.2, 0) is 4.79 Å². The normalized spacial score (nSPS) is 13.0. The lowest BCUT2D eigenvalue weighted by Crippen LogP contribution is -2.36. The Hall–Kier alpha value is -0.820. The Morgan fingerprint density at radius 1 is 1.69 bits per heavy atom. The summed E-state index contributed by atoms with van der Waals surface area (Å²) in [5, 5.41) is 8.91. The molecule has 0 radical (unpaired) electrons. The highest BCUT2D eigenvalue weighted by Gasteiger charge is 2.11. The van der Waals surface area contributed by atoms with Crippen molar-refractivity contribution in [2.45, 2.75) is 13.0 Å². The molecule has 0 aliphatic rings. The smallest absolute Gasteiger partial charge is 0.246 e. The van der Waals surface area contributed by atoms with E-state index in [-0.39, 0.29) is 18.6 Å². The molecule has 5 heteroatoms. The fraction of sp³-hybridized carbons (Fsp3) is 0.364. The predicted molar refractivity (Wildman–Crippen MR) is 69.8 cm³/mol. The van der Waals surface area contributed by atoms with E-state index < -0.39 is 0 Å². The highest BCUT2D eigenvalue weighted by Crippen LogP contribution is 2.11. The Balaban J connectivity index is 2.60. The van der Waals surface area contributed by atoms with Gasteiger partial charge in [-0.2, -0.15) is 0 Å². The second-order valence-electron chi connectivity index (χ2n) is 3.46. The van der Waals surface area contributed by atoms with Crippen LogP contribution in [0, 0.1) is 3.77 Å². The van der Waals surface area contributed by atoms with Gasteiger partial charge in [-0.25, -0.2) is 0 Å². The molecule has 88 valence electrons. The third-order valence-corrected chi connectivity index (χ3v) is 2.84. The van der Waals surface area contributed by atoms with Crippen LogP contribution in [0.25, 0.3) is 6.08 Å². The SMILES string of the molecule is CC(CO)N(C)C(=O)/C=C/c1ccc(I)o1. The molecule has 0 bridgehead atoms. The third kappa shape index (κ3) is 3.64. The Morgan fingerprint density at radius 3 is 2.88 bits per heavy atom. The van der Waals surface area contributed by atoms with Gasteiger partial charge in [0.15, 0.2) is 3.77 Å². The molecule has 0 aliphatic heterocycles. The zero-order valence-electron chi connectivity index (χ0n) is 9.18.